The summed E-state index contributed by atoms with van der Waals surface area (Å²) < 4.78 is 0. The first kappa shape index (κ1) is 14.6. The molecule has 2 nitrogen and oxygen atoms in total. The van der Waals surface area contributed by atoms with Crippen LogP contribution in [0.4, 0.5) is 0 Å². The van der Waals surface area contributed by atoms with Crippen molar-refractivity contribution in [3.05, 3.63) is 34.3 Å². The van der Waals surface area contributed by atoms with Crippen LogP contribution in [0, 0.1) is 6.92 Å². The highest BCUT2D eigenvalue weighted by Gasteiger charge is 2.25. The monoisotopic (exact) mass is 293 g/mol. The zero-order valence-electron chi connectivity index (χ0n) is 9.69. The van der Waals surface area contributed by atoms with Crippen molar-refractivity contribution >= 4 is 40.7 Å². The Labute approximate surface area is 116 Å². The minimum absolute atomic E-state index is 0.242. The molecular weight excluding hydrogens is 280 g/mol. The largest absolute Gasteiger partial charge is 0.344 e. The zero-order valence-corrected chi connectivity index (χ0v) is 12.0. The van der Waals surface area contributed by atoms with Crippen molar-refractivity contribution in [2.45, 2.75) is 19.4 Å². The van der Waals surface area contributed by atoms with Gasteiger partial charge in [0.25, 0.3) is 5.91 Å². The van der Waals surface area contributed by atoms with Crippen molar-refractivity contribution in [1.82, 2.24) is 5.32 Å². The quantitative estimate of drug-likeness (QED) is 0.844. The van der Waals surface area contributed by atoms with Gasteiger partial charge in [-0.3, -0.25) is 4.79 Å². The molecule has 1 amide bonds. The average molecular weight is 295 g/mol. The van der Waals surface area contributed by atoms with Gasteiger partial charge in [-0.25, -0.2) is 0 Å². The molecule has 0 spiro atoms. The highest BCUT2D eigenvalue weighted by atomic mass is 35.5. The summed E-state index contributed by atoms with van der Waals surface area (Å²) in [5.74, 6) is 0.219. The van der Waals surface area contributed by atoms with Crippen LogP contribution in [0.5, 0.6) is 0 Å². The Bertz CT molecular complexity index is 416. The lowest BCUT2D eigenvalue weighted by Crippen LogP contribution is -2.49. The lowest BCUT2D eigenvalue weighted by atomic mass is 10.1. The van der Waals surface area contributed by atoms with Gasteiger partial charge in [0.15, 0.2) is 0 Å². The van der Waals surface area contributed by atoms with Gasteiger partial charge in [0.05, 0.1) is 16.1 Å². The highest BCUT2D eigenvalue weighted by molar-refractivity contribution is 6.34. The second kappa shape index (κ2) is 5.94. The second-order valence-corrected chi connectivity index (χ2v) is 5.21. The number of halogens is 3. The maximum atomic E-state index is 12.0. The Morgan fingerprint density at radius 1 is 1.35 bits per heavy atom. The lowest BCUT2D eigenvalue weighted by molar-refractivity contribution is 0.0921. The number of hydrogen-bond acceptors (Lipinski definition) is 1. The number of carbonyl (C=O) groups is 1. The van der Waals surface area contributed by atoms with Crippen molar-refractivity contribution in [3.63, 3.8) is 0 Å². The summed E-state index contributed by atoms with van der Waals surface area (Å²) in [5.41, 5.74) is 0.803. The third-order valence-corrected chi connectivity index (χ3v) is 3.87. The van der Waals surface area contributed by atoms with Gasteiger partial charge in [-0.15, -0.1) is 23.2 Å². The van der Waals surface area contributed by atoms with Crippen LogP contribution in [0.15, 0.2) is 18.2 Å². The third-order valence-electron chi connectivity index (χ3n) is 2.37. The smallest absolute Gasteiger partial charge is 0.253 e. The lowest BCUT2D eigenvalue weighted by Gasteiger charge is -2.26. The summed E-state index contributed by atoms with van der Waals surface area (Å²) in [6.07, 6.45) is 0. The minimum atomic E-state index is -0.631. The Kier molecular flexibility index (Phi) is 5.11. The van der Waals surface area contributed by atoms with Crippen LogP contribution in [-0.4, -0.2) is 23.2 Å². The first-order valence-corrected chi connectivity index (χ1v) is 6.57. The van der Waals surface area contributed by atoms with Crippen molar-refractivity contribution in [2.24, 2.45) is 0 Å². The molecule has 0 bridgehead atoms. The predicted octanol–water partition coefficient (Wildman–Crippen LogP) is 3.61. The van der Waals surface area contributed by atoms with Crippen LogP contribution in [0.2, 0.25) is 5.02 Å². The van der Waals surface area contributed by atoms with Gasteiger partial charge in [-0.05, 0) is 31.5 Å². The molecule has 17 heavy (non-hydrogen) atoms. The number of amides is 1. The molecule has 0 saturated carbocycles. The fourth-order valence-corrected chi connectivity index (χ4v) is 1.99. The Morgan fingerprint density at radius 3 is 2.41 bits per heavy atom. The molecule has 0 aromatic heterocycles. The molecule has 5 heteroatoms. The third kappa shape index (κ3) is 3.77. The van der Waals surface area contributed by atoms with Gasteiger partial charge in [0.1, 0.15) is 0 Å². The summed E-state index contributed by atoms with van der Waals surface area (Å²) in [6, 6.07) is 5.27. The van der Waals surface area contributed by atoms with Gasteiger partial charge < -0.3 is 5.32 Å². The fourth-order valence-electron chi connectivity index (χ4n) is 1.25. The average Bonchev–Trinajstić information content (AvgIpc) is 2.28. The Balaban J connectivity index is 2.90. The molecule has 0 radical (unpaired) electrons. The molecule has 0 heterocycles. The summed E-state index contributed by atoms with van der Waals surface area (Å²) in [6.45, 7) is 3.70. The molecule has 0 atom stereocenters. The number of nitrogens with one attached hydrogen (secondary N) is 1. The van der Waals surface area contributed by atoms with E-state index in [4.69, 9.17) is 34.8 Å². The number of aryl methyl sites for hydroxylation is 1. The van der Waals surface area contributed by atoms with Crippen LogP contribution in [0.1, 0.15) is 22.8 Å². The number of rotatable bonds is 4. The number of alkyl halides is 2. The molecule has 0 aliphatic heterocycles. The van der Waals surface area contributed by atoms with Gasteiger partial charge >= 0.3 is 0 Å². The van der Waals surface area contributed by atoms with E-state index < -0.39 is 5.54 Å². The zero-order chi connectivity index (χ0) is 13.1. The van der Waals surface area contributed by atoms with E-state index in [1.165, 1.54) is 0 Å². The second-order valence-electron chi connectivity index (χ2n) is 4.27. The van der Waals surface area contributed by atoms with Crippen LogP contribution >= 0.6 is 34.8 Å². The topological polar surface area (TPSA) is 29.1 Å². The SMILES string of the molecule is Cc1ccc(C(=O)NC(C)(CCl)CCl)c(Cl)c1. The van der Waals surface area contributed by atoms with Crippen molar-refractivity contribution in [1.29, 1.82) is 0 Å². The summed E-state index contributed by atoms with van der Waals surface area (Å²) in [7, 11) is 0. The van der Waals surface area contributed by atoms with E-state index in [-0.39, 0.29) is 17.7 Å². The van der Waals surface area contributed by atoms with Crippen molar-refractivity contribution < 1.29 is 4.79 Å². The molecule has 94 valence electrons. The standard InChI is InChI=1S/C12H14Cl3NO/c1-8-3-4-9(10(15)5-8)11(17)16-12(2,6-13)7-14/h3-5H,6-7H2,1-2H3,(H,16,17). The van der Waals surface area contributed by atoms with Crippen molar-refractivity contribution in [3.8, 4) is 0 Å². The molecule has 1 N–H and O–H groups in total. The number of hydrogen-bond donors (Lipinski definition) is 1. The van der Waals surface area contributed by atoms with Crippen molar-refractivity contribution in [2.75, 3.05) is 11.8 Å². The van der Waals surface area contributed by atoms with E-state index in [2.05, 4.69) is 5.32 Å². The predicted molar refractivity (Wildman–Crippen MR) is 73.5 cm³/mol. The number of benzene rings is 1. The first-order chi connectivity index (χ1) is 7.91. The van der Waals surface area contributed by atoms with Gasteiger partial charge in [-0.1, -0.05) is 17.7 Å². The maximum absolute atomic E-state index is 12.0. The first-order valence-electron chi connectivity index (χ1n) is 5.12. The summed E-state index contributed by atoms with van der Waals surface area (Å²) in [4.78, 5) is 12.0. The molecule has 1 aromatic rings. The van der Waals surface area contributed by atoms with E-state index in [9.17, 15) is 4.79 Å². The van der Waals surface area contributed by atoms with E-state index in [0.717, 1.165) is 5.56 Å². The normalized spacial score (nSPS) is 11.4. The highest BCUT2D eigenvalue weighted by Crippen LogP contribution is 2.19. The molecule has 0 aliphatic rings. The maximum Gasteiger partial charge on any atom is 0.253 e. The molecule has 1 aromatic carbocycles. The van der Waals surface area contributed by atoms with Gasteiger partial charge in [-0.2, -0.15) is 0 Å². The Morgan fingerprint density at radius 2 is 1.94 bits per heavy atom. The van der Waals surface area contributed by atoms with Gasteiger partial charge in [0.2, 0.25) is 0 Å². The minimum Gasteiger partial charge on any atom is -0.344 e. The Hall–Kier alpha value is -0.440. The van der Waals surface area contributed by atoms with Gasteiger partial charge in [0, 0.05) is 11.8 Å². The summed E-state index contributed by atoms with van der Waals surface area (Å²) >= 11 is 17.6. The molecule has 0 aliphatic carbocycles. The molecule has 0 fully saturated rings. The van der Waals surface area contributed by atoms with E-state index >= 15 is 0 Å². The number of carbonyl (C=O) groups excluding carboxylic acids is 1. The fraction of sp³-hybridized carbons (Fsp3) is 0.417. The van der Waals surface area contributed by atoms with E-state index in [0.29, 0.717) is 10.6 Å². The van der Waals surface area contributed by atoms with Crippen LogP contribution in [0.25, 0.3) is 0 Å². The summed E-state index contributed by atoms with van der Waals surface area (Å²) in [5, 5.41) is 3.21. The molecule has 1 rings (SSSR count). The van der Waals surface area contributed by atoms with Crippen LogP contribution in [-0.2, 0) is 0 Å². The molecular formula is C12H14Cl3NO. The molecule has 0 saturated heterocycles. The molecule has 0 unspecified atom stereocenters. The van der Waals surface area contributed by atoms with E-state index in [1.54, 1.807) is 19.1 Å². The van der Waals surface area contributed by atoms with Crippen LogP contribution in [0.3, 0.4) is 0 Å². The van der Waals surface area contributed by atoms with Crippen LogP contribution < -0.4 is 5.32 Å². The van der Waals surface area contributed by atoms with E-state index in [1.807, 2.05) is 13.0 Å².